The first-order chi connectivity index (χ1) is 42.1. The summed E-state index contributed by atoms with van der Waals surface area (Å²) in [4.78, 5) is 2.38. The fraction of sp³-hybridized carbons (Fsp3) is 0.0617. The van der Waals surface area contributed by atoms with E-state index in [4.69, 9.17) is 9.47 Å². The van der Waals surface area contributed by atoms with Gasteiger partial charge in [0, 0.05) is 22.5 Å². The Morgan fingerprint density at radius 1 is 0.314 bits per heavy atom. The lowest BCUT2D eigenvalue weighted by Crippen LogP contribution is -2.29. The van der Waals surface area contributed by atoms with Crippen molar-refractivity contribution in [2.45, 2.75) is 30.1 Å². The van der Waals surface area contributed by atoms with Gasteiger partial charge in [0.1, 0.15) is 34.6 Å². The normalized spacial score (nSPS) is 16.2. The molecule has 0 saturated heterocycles. The monoisotopic (exact) mass is 1110 g/mol. The van der Waals surface area contributed by atoms with E-state index < -0.39 is 10.8 Å². The van der Waals surface area contributed by atoms with Crippen molar-refractivity contribution < 1.29 is 18.3 Å². The molecular formula is C81H57F2NO2. The summed E-state index contributed by atoms with van der Waals surface area (Å²) in [6.07, 6.45) is 3.62. The molecule has 0 aromatic heterocycles. The van der Waals surface area contributed by atoms with Crippen molar-refractivity contribution >= 4 is 29.2 Å². The summed E-state index contributed by atoms with van der Waals surface area (Å²) in [5.41, 5.74) is 19.4. The summed E-state index contributed by atoms with van der Waals surface area (Å²) in [6.45, 7) is 12.5. The number of halogens is 2. The van der Waals surface area contributed by atoms with Gasteiger partial charge in [-0.1, -0.05) is 203 Å². The molecule has 0 bridgehead atoms. The SMILES string of the molecule is C=Cc1ccc(Oc2ccc(C3(c4cccc(F)c4)c4ccccc4-c4ccc(N(c5ccc6c(c5)C(C)(C)c5ccccc5-6)c5ccc6c(c5)C(c5ccc(Oc7ccc(C=C)cc7)cc5)(c5cccc(F)c5)c5ccccc5-6)cc43)cc2)cc1. The number of hydrogen-bond donors (Lipinski definition) is 0. The topological polar surface area (TPSA) is 21.7 Å². The lowest BCUT2D eigenvalue weighted by atomic mass is 9.67. The van der Waals surface area contributed by atoms with E-state index in [9.17, 15) is 0 Å². The zero-order valence-corrected chi connectivity index (χ0v) is 47.6. The second kappa shape index (κ2) is 20.3. The summed E-state index contributed by atoms with van der Waals surface area (Å²) in [5.74, 6) is 2.13. The predicted molar refractivity (Wildman–Crippen MR) is 346 cm³/mol. The van der Waals surface area contributed by atoms with E-state index >= 15 is 8.78 Å². The lowest BCUT2D eigenvalue weighted by Gasteiger charge is -2.36. The van der Waals surface area contributed by atoms with Crippen LogP contribution >= 0.6 is 0 Å². The van der Waals surface area contributed by atoms with E-state index in [-0.39, 0.29) is 17.0 Å². The third-order valence-corrected chi connectivity index (χ3v) is 18.2. The highest BCUT2D eigenvalue weighted by molar-refractivity contribution is 5.93. The molecule has 0 heterocycles. The number of nitrogens with zero attached hydrogens (tertiary/aromatic N) is 1. The Labute approximate surface area is 500 Å². The second-order valence-electron chi connectivity index (χ2n) is 23.1. The van der Waals surface area contributed by atoms with Crippen LogP contribution in [0.15, 0.2) is 286 Å². The molecule has 0 radical (unpaired) electrons. The molecule has 0 spiro atoms. The van der Waals surface area contributed by atoms with Gasteiger partial charge in [0.05, 0.1) is 10.8 Å². The van der Waals surface area contributed by atoms with Crippen LogP contribution in [0.3, 0.4) is 0 Å². The maximum atomic E-state index is 16.1. The molecule has 5 heteroatoms. The lowest BCUT2D eigenvalue weighted by molar-refractivity contribution is 0.482. The van der Waals surface area contributed by atoms with E-state index in [1.54, 1.807) is 12.1 Å². The standard InChI is InChI=1S/C81H57F2NO2/c1-5-52-25-36-63(37-26-52)85-65-40-29-54(30-41-65)80(56-15-13-17-58(82)47-56)74-23-11-8-20-68(74)71-45-34-61(50-77(71)80)84(60-33-44-70-67-19-7-10-22-73(67)79(3,4)76(70)49-60)62-35-46-72-69-21-9-12-24-75(69)81(78(72)51-62,57-16-14-18-59(83)48-57)55-31-42-66(43-32-55)86-64-38-27-53(6-2)28-39-64/h5-51H,1-2H2,3-4H3. The molecule has 2 atom stereocenters. The average molecular weight is 1110 g/mol. The van der Waals surface area contributed by atoms with Gasteiger partial charge in [-0.3, -0.25) is 0 Å². The number of fused-ring (bicyclic) bond motifs is 9. The predicted octanol–water partition coefficient (Wildman–Crippen LogP) is 21.3. The molecule has 412 valence electrons. The molecule has 0 fully saturated rings. The number of rotatable bonds is 13. The molecule has 0 N–H and O–H groups in total. The maximum absolute atomic E-state index is 16.1. The zero-order valence-electron chi connectivity index (χ0n) is 47.6. The van der Waals surface area contributed by atoms with Crippen LogP contribution in [0.4, 0.5) is 25.8 Å². The maximum Gasteiger partial charge on any atom is 0.127 e. The third-order valence-electron chi connectivity index (χ3n) is 18.2. The van der Waals surface area contributed by atoms with E-state index in [0.717, 1.165) is 95.0 Å². The van der Waals surface area contributed by atoms with Crippen molar-refractivity contribution in [3.05, 3.63) is 365 Å². The van der Waals surface area contributed by atoms with Gasteiger partial charge >= 0.3 is 0 Å². The van der Waals surface area contributed by atoms with Crippen molar-refractivity contribution in [3.8, 4) is 56.4 Å². The Balaban J connectivity index is 0.954. The van der Waals surface area contributed by atoms with Crippen LogP contribution in [-0.2, 0) is 16.2 Å². The molecule has 12 aromatic carbocycles. The van der Waals surface area contributed by atoms with Crippen LogP contribution in [0.5, 0.6) is 23.0 Å². The Morgan fingerprint density at radius 3 is 1.05 bits per heavy atom. The molecule has 3 aliphatic rings. The Bertz CT molecular complexity index is 4430. The average Bonchev–Trinajstić information content (AvgIpc) is 1.57. The number of ether oxygens (including phenoxy) is 2. The van der Waals surface area contributed by atoms with Gasteiger partial charge in [0.25, 0.3) is 0 Å². The number of hydrogen-bond acceptors (Lipinski definition) is 3. The van der Waals surface area contributed by atoms with Gasteiger partial charge in [-0.25, -0.2) is 8.78 Å². The van der Waals surface area contributed by atoms with Crippen LogP contribution in [0.25, 0.3) is 45.5 Å². The molecule has 2 unspecified atom stereocenters. The van der Waals surface area contributed by atoms with E-state index in [1.807, 2.05) is 97.1 Å². The Hall–Kier alpha value is -10.6. The molecular weight excluding hydrogens is 1060 g/mol. The second-order valence-corrected chi connectivity index (χ2v) is 23.1. The Kier molecular flexibility index (Phi) is 12.3. The van der Waals surface area contributed by atoms with Gasteiger partial charge < -0.3 is 14.4 Å². The summed E-state index contributed by atoms with van der Waals surface area (Å²) in [6, 6.07) is 92.6. The zero-order chi connectivity index (χ0) is 58.3. The van der Waals surface area contributed by atoms with Crippen molar-refractivity contribution in [3.63, 3.8) is 0 Å². The highest BCUT2D eigenvalue weighted by Crippen LogP contribution is 2.61. The number of anilines is 3. The van der Waals surface area contributed by atoms with Crippen molar-refractivity contribution in [1.82, 2.24) is 0 Å². The van der Waals surface area contributed by atoms with E-state index in [1.165, 1.54) is 34.4 Å². The minimum atomic E-state index is -0.974. The molecule has 86 heavy (non-hydrogen) atoms. The highest BCUT2D eigenvalue weighted by Gasteiger charge is 2.49. The molecule has 15 rings (SSSR count). The summed E-state index contributed by atoms with van der Waals surface area (Å²) >= 11 is 0. The molecule has 3 aliphatic carbocycles. The largest absolute Gasteiger partial charge is 0.457 e. The van der Waals surface area contributed by atoms with E-state index in [2.05, 4.69) is 196 Å². The first kappa shape index (κ1) is 52.2. The fourth-order valence-corrected chi connectivity index (χ4v) is 14.3. The van der Waals surface area contributed by atoms with Crippen LogP contribution in [-0.4, -0.2) is 0 Å². The van der Waals surface area contributed by atoms with E-state index in [0.29, 0.717) is 23.0 Å². The van der Waals surface area contributed by atoms with Crippen LogP contribution in [0, 0.1) is 11.6 Å². The molecule has 0 aliphatic heterocycles. The highest BCUT2D eigenvalue weighted by atomic mass is 19.1. The van der Waals surface area contributed by atoms with Crippen LogP contribution < -0.4 is 14.4 Å². The van der Waals surface area contributed by atoms with Gasteiger partial charge in [-0.15, -0.1) is 0 Å². The third kappa shape index (κ3) is 8.14. The minimum absolute atomic E-state index is 0.304. The van der Waals surface area contributed by atoms with Gasteiger partial charge in [-0.2, -0.15) is 0 Å². The molecule has 12 aromatic rings. The van der Waals surface area contributed by atoms with Gasteiger partial charge in [0.15, 0.2) is 0 Å². The molecule has 0 saturated carbocycles. The smallest absolute Gasteiger partial charge is 0.127 e. The van der Waals surface area contributed by atoms with Gasteiger partial charge in [0.2, 0.25) is 0 Å². The number of benzene rings is 12. The van der Waals surface area contributed by atoms with Crippen molar-refractivity contribution in [2.24, 2.45) is 0 Å². The van der Waals surface area contributed by atoms with Crippen molar-refractivity contribution in [2.75, 3.05) is 4.90 Å². The quantitative estimate of drug-likeness (QED) is 0.115. The summed E-state index contributed by atoms with van der Waals surface area (Å²) in [7, 11) is 0. The minimum Gasteiger partial charge on any atom is -0.457 e. The first-order valence-electron chi connectivity index (χ1n) is 29.1. The Morgan fingerprint density at radius 2 is 0.651 bits per heavy atom. The van der Waals surface area contributed by atoms with Gasteiger partial charge in [-0.05, 0) is 209 Å². The molecule has 3 nitrogen and oxygen atoms in total. The summed E-state index contributed by atoms with van der Waals surface area (Å²) in [5, 5.41) is 0. The molecule has 0 amide bonds. The van der Waals surface area contributed by atoms with Crippen LogP contribution in [0.2, 0.25) is 0 Å². The fourth-order valence-electron chi connectivity index (χ4n) is 14.3. The summed E-state index contributed by atoms with van der Waals surface area (Å²) < 4.78 is 45.2. The first-order valence-corrected chi connectivity index (χ1v) is 29.1. The van der Waals surface area contributed by atoms with Crippen LogP contribution in [0.1, 0.15) is 80.6 Å². The van der Waals surface area contributed by atoms with Crippen molar-refractivity contribution in [1.29, 1.82) is 0 Å².